The number of nitrogens with zero attached hydrogens (tertiary/aromatic N) is 3. The lowest BCUT2D eigenvalue weighted by Crippen LogP contribution is -2.21. The van der Waals surface area contributed by atoms with Crippen molar-refractivity contribution in [1.29, 1.82) is 5.26 Å². The topological polar surface area (TPSA) is 60.1 Å². The molecule has 14 heavy (non-hydrogen) atoms. The van der Waals surface area contributed by atoms with E-state index in [4.69, 9.17) is 10.4 Å². The molecule has 0 aliphatic carbocycles. The monoisotopic (exact) mass is 191 g/mol. The van der Waals surface area contributed by atoms with Crippen molar-refractivity contribution in [2.45, 2.75) is 6.54 Å². The molecule has 0 saturated heterocycles. The maximum absolute atomic E-state index is 8.71. The molecule has 1 aromatic heterocycles. The highest BCUT2D eigenvalue weighted by Gasteiger charge is 2.00. The van der Waals surface area contributed by atoms with Crippen LogP contribution in [0.15, 0.2) is 18.3 Å². The second kappa shape index (κ2) is 5.32. The maximum Gasteiger partial charge on any atom is 0.140 e. The zero-order valence-corrected chi connectivity index (χ0v) is 8.14. The summed E-state index contributed by atoms with van der Waals surface area (Å²) < 4.78 is 0. The van der Waals surface area contributed by atoms with Gasteiger partial charge in [0.25, 0.3) is 0 Å². The van der Waals surface area contributed by atoms with Crippen LogP contribution >= 0.6 is 0 Å². The van der Waals surface area contributed by atoms with Gasteiger partial charge in [-0.15, -0.1) is 0 Å². The van der Waals surface area contributed by atoms with E-state index in [-0.39, 0.29) is 6.61 Å². The first kappa shape index (κ1) is 10.6. The van der Waals surface area contributed by atoms with E-state index in [9.17, 15) is 0 Å². The molecule has 74 valence electrons. The van der Waals surface area contributed by atoms with Gasteiger partial charge in [-0.1, -0.05) is 0 Å². The first-order chi connectivity index (χ1) is 6.76. The zero-order chi connectivity index (χ0) is 10.4. The molecule has 1 aromatic rings. The van der Waals surface area contributed by atoms with E-state index in [1.165, 1.54) is 0 Å². The first-order valence-electron chi connectivity index (χ1n) is 4.40. The van der Waals surface area contributed by atoms with Crippen molar-refractivity contribution in [2.24, 2.45) is 0 Å². The van der Waals surface area contributed by atoms with Crippen molar-refractivity contribution >= 4 is 0 Å². The Morgan fingerprint density at radius 1 is 1.64 bits per heavy atom. The van der Waals surface area contributed by atoms with E-state index >= 15 is 0 Å². The molecule has 0 atom stereocenters. The molecule has 4 nitrogen and oxygen atoms in total. The first-order valence-corrected chi connectivity index (χ1v) is 4.40. The number of rotatable bonds is 4. The molecule has 0 radical (unpaired) electrons. The van der Waals surface area contributed by atoms with E-state index in [0.717, 1.165) is 12.1 Å². The van der Waals surface area contributed by atoms with Gasteiger partial charge >= 0.3 is 0 Å². The quantitative estimate of drug-likeness (QED) is 0.747. The van der Waals surface area contributed by atoms with Crippen molar-refractivity contribution in [3.8, 4) is 6.07 Å². The fourth-order valence-corrected chi connectivity index (χ4v) is 1.20. The number of hydrogen-bond donors (Lipinski definition) is 1. The third-order valence-electron chi connectivity index (χ3n) is 1.87. The van der Waals surface area contributed by atoms with Crippen LogP contribution in [0.1, 0.15) is 11.3 Å². The molecule has 0 aromatic carbocycles. The second-order valence-corrected chi connectivity index (χ2v) is 3.12. The Kier molecular flexibility index (Phi) is 4.05. The zero-order valence-electron chi connectivity index (χ0n) is 8.14. The number of aliphatic hydroxyl groups excluding tert-OH is 1. The van der Waals surface area contributed by atoms with E-state index in [2.05, 4.69) is 4.98 Å². The molecule has 0 bridgehead atoms. The van der Waals surface area contributed by atoms with Crippen LogP contribution in [0.5, 0.6) is 0 Å². The molecule has 1 heterocycles. The third-order valence-corrected chi connectivity index (χ3v) is 1.87. The highest BCUT2D eigenvalue weighted by molar-refractivity contribution is 5.25. The summed E-state index contributed by atoms with van der Waals surface area (Å²) in [5, 5.41) is 17.3. The van der Waals surface area contributed by atoms with Crippen molar-refractivity contribution in [3.05, 3.63) is 29.6 Å². The van der Waals surface area contributed by atoms with Crippen LogP contribution in [0.4, 0.5) is 0 Å². The summed E-state index contributed by atoms with van der Waals surface area (Å²) in [7, 11) is 1.92. The Morgan fingerprint density at radius 3 is 3.07 bits per heavy atom. The summed E-state index contributed by atoms with van der Waals surface area (Å²) in [6.45, 7) is 1.49. The molecule has 1 N–H and O–H groups in total. The SMILES string of the molecule is CN(CCO)Cc1ccnc(C#N)c1. The van der Waals surface area contributed by atoms with E-state index in [0.29, 0.717) is 12.2 Å². The number of aliphatic hydroxyl groups is 1. The molecule has 0 amide bonds. The molecule has 0 fully saturated rings. The van der Waals surface area contributed by atoms with Crippen molar-refractivity contribution < 1.29 is 5.11 Å². The smallest absolute Gasteiger partial charge is 0.140 e. The van der Waals surface area contributed by atoms with Crippen LogP contribution in [-0.2, 0) is 6.54 Å². The highest BCUT2D eigenvalue weighted by atomic mass is 16.3. The van der Waals surface area contributed by atoms with E-state index < -0.39 is 0 Å². The van der Waals surface area contributed by atoms with Crippen LogP contribution in [-0.4, -0.2) is 35.2 Å². The van der Waals surface area contributed by atoms with Crippen LogP contribution in [0.25, 0.3) is 0 Å². The largest absolute Gasteiger partial charge is 0.395 e. The predicted molar refractivity (Wildman–Crippen MR) is 52.4 cm³/mol. The molecule has 4 heteroatoms. The summed E-state index contributed by atoms with van der Waals surface area (Å²) in [4.78, 5) is 5.86. The molecule has 0 spiro atoms. The van der Waals surface area contributed by atoms with Crippen LogP contribution in [0.2, 0.25) is 0 Å². The normalized spacial score (nSPS) is 10.1. The lowest BCUT2D eigenvalue weighted by atomic mass is 10.2. The molecule has 1 rings (SSSR count). The van der Waals surface area contributed by atoms with Crippen molar-refractivity contribution in [2.75, 3.05) is 20.2 Å². The number of likely N-dealkylation sites (N-methyl/N-ethyl adjacent to an activating group) is 1. The fraction of sp³-hybridized carbons (Fsp3) is 0.400. The summed E-state index contributed by atoms with van der Waals surface area (Å²) in [6, 6.07) is 5.62. The minimum atomic E-state index is 0.146. The maximum atomic E-state index is 8.71. The predicted octanol–water partition coefficient (Wildman–Crippen LogP) is 0.377. The Morgan fingerprint density at radius 2 is 2.43 bits per heavy atom. The number of pyridine rings is 1. The third kappa shape index (κ3) is 3.13. The van der Waals surface area contributed by atoms with Crippen molar-refractivity contribution in [1.82, 2.24) is 9.88 Å². The lowest BCUT2D eigenvalue weighted by molar-refractivity contribution is 0.217. The van der Waals surface area contributed by atoms with Gasteiger partial charge in [-0.05, 0) is 24.7 Å². The van der Waals surface area contributed by atoms with Crippen LogP contribution < -0.4 is 0 Å². The van der Waals surface area contributed by atoms with Crippen LogP contribution in [0.3, 0.4) is 0 Å². The summed E-state index contributed by atoms with van der Waals surface area (Å²) in [6.07, 6.45) is 1.63. The van der Waals surface area contributed by atoms with Crippen molar-refractivity contribution in [3.63, 3.8) is 0 Å². The summed E-state index contributed by atoms with van der Waals surface area (Å²) in [5.41, 5.74) is 1.47. The fourth-order valence-electron chi connectivity index (χ4n) is 1.20. The second-order valence-electron chi connectivity index (χ2n) is 3.12. The lowest BCUT2D eigenvalue weighted by Gasteiger charge is -2.14. The Hall–Kier alpha value is -1.44. The van der Waals surface area contributed by atoms with Gasteiger partial charge in [0.15, 0.2) is 0 Å². The van der Waals surface area contributed by atoms with Gasteiger partial charge < -0.3 is 5.11 Å². The molecular formula is C10H13N3O. The highest BCUT2D eigenvalue weighted by Crippen LogP contribution is 2.03. The Balaban J connectivity index is 2.63. The van der Waals surface area contributed by atoms with Gasteiger partial charge in [0.1, 0.15) is 11.8 Å². The number of hydrogen-bond acceptors (Lipinski definition) is 4. The van der Waals surface area contributed by atoms with Gasteiger partial charge in [0.05, 0.1) is 6.61 Å². The standard InChI is InChI=1S/C10H13N3O/c1-13(4-5-14)8-9-2-3-12-10(6-9)7-11/h2-3,6,14H,4-5,8H2,1H3. The van der Waals surface area contributed by atoms with Gasteiger partial charge in [0, 0.05) is 19.3 Å². The molecular weight excluding hydrogens is 178 g/mol. The van der Waals surface area contributed by atoms with E-state index in [1.807, 2.05) is 24.1 Å². The van der Waals surface area contributed by atoms with Gasteiger partial charge in [-0.25, -0.2) is 4.98 Å². The molecule has 0 unspecified atom stereocenters. The van der Waals surface area contributed by atoms with Gasteiger partial charge in [-0.3, -0.25) is 4.90 Å². The van der Waals surface area contributed by atoms with Gasteiger partial charge in [-0.2, -0.15) is 5.26 Å². The molecule has 0 saturated carbocycles. The number of aromatic nitrogens is 1. The summed E-state index contributed by atoms with van der Waals surface area (Å²) >= 11 is 0. The van der Waals surface area contributed by atoms with E-state index in [1.54, 1.807) is 12.3 Å². The Labute approximate surface area is 83.4 Å². The molecule has 0 aliphatic rings. The molecule has 0 aliphatic heterocycles. The average molecular weight is 191 g/mol. The minimum Gasteiger partial charge on any atom is -0.395 e. The summed E-state index contributed by atoms with van der Waals surface area (Å²) in [5.74, 6) is 0. The van der Waals surface area contributed by atoms with Gasteiger partial charge in [0.2, 0.25) is 0 Å². The number of nitriles is 1. The van der Waals surface area contributed by atoms with Crippen LogP contribution in [0, 0.1) is 11.3 Å². The minimum absolute atomic E-state index is 0.146. The Bertz CT molecular complexity index is 332. The average Bonchev–Trinajstić information content (AvgIpc) is 2.18.